The van der Waals surface area contributed by atoms with E-state index in [1.807, 2.05) is 55.5 Å². The summed E-state index contributed by atoms with van der Waals surface area (Å²) in [5, 5.41) is 2.98. The van der Waals surface area contributed by atoms with Crippen LogP contribution in [0.4, 0.5) is 0 Å². The molecular formula is C19H21NO3. The number of hydrogen-bond donors (Lipinski definition) is 1. The van der Waals surface area contributed by atoms with E-state index in [0.29, 0.717) is 18.8 Å². The van der Waals surface area contributed by atoms with Gasteiger partial charge >= 0.3 is 0 Å². The molecule has 1 saturated heterocycles. The van der Waals surface area contributed by atoms with E-state index in [1.54, 1.807) is 0 Å². The van der Waals surface area contributed by atoms with Crippen LogP contribution in [0, 0.1) is 6.92 Å². The summed E-state index contributed by atoms with van der Waals surface area (Å²) < 4.78 is 11.0. The number of carbonyl (C=O) groups is 1. The highest BCUT2D eigenvalue weighted by atomic mass is 16.5. The monoisotopic (exact) mass is 311 g/mol. The number of carbonyl (C=O) groups excluding carboxylic acids is 1. The maximum Gasteiger partial charge on any atom is 0.251 e. The van der Waals surface area contributed by atoms with Crippen LogP contribution in [0.2, 0.25) is 0 Å². The van der Waals surface area contributed by atoms with Gasteiger partial charge in [0.1, 0.15) is 12.4 Å². The Bertz CT molecular complexity index is 643. The van der Waals surface area contributed by atoms with Gasteiger partial charge in [-0.2, -0.15) is 0 Å². The van der Waals surface area contributed by atoms with Crippen LogP contribution < -0.4 is 10.1 Å². The molecular weight excluding hydrogens is 290 g/mol. The van der Waals surface area contributed by atoms with E-state index in [0.717, 1.165) is 24.3 Å². The second-order valence-electron chi connectivity index (χ2n) is 5.83. The average molecular weight is 311 g/mol. The minimum atomic E-state index is -0.0495. The first-order chi connectivity index (χ1) is 11.2. The number of nitrogens with one attached hydrogen (secondary N) is 1. The van der Waals surface area contributed by atoms with E-state index in [1.165, 1.54) is 5.56 Å². The number of rotatable bonds is 5. The molecule has 0 bridgehead atoms. The summed E-state index contributed by atoms with van der Waals surface area (Å²) in [6, 6.07) is 15.6. The van der Waals surface area contributed by atoms with Crippen LogP contribution in [-0.2, 0) is 11.3 Å². The molecule has 1 amide bonds. The maximum absolute atomic E-state index is 12.1. The third kappa shape index (κ3) is 4.33. The molecule has 1 atom stereocenters. The summed E-state index contributed by atoms with van der Waals surface area (Å²) in [4.78, 5) is 12.1. The maximum atomic E-state index is 12.1. The number of amides is 1. The summed E-state index contributed by atoms with van der Waals surface area (Å²) in [6.45, 7) is 3.86. The molecule has 1 aliphatic rings. The van der Waals surface area contributed by atoms with Gasteiger partial charge < -0.3 is 14.8 Å². The minimum Gasteiger partial charge on any atom is -0.489 e. The third-order valence-electron chi connectivity index (χ3n) is 3.91. The molecule has 1 heterocycles. The van der Waals surface area contributed by atoms with Crippen LogP contribution in [0.15, 0.2) is 48.5 Å². The molecule has 23 heavy (non-hydrogen) atoms. The highest BCUT2D eigenvalue weighted by molar-refractivity contribution is 5.94. The molecule has 1 fully saturated rings. The quantitative estimate of drug-likeness (QED) is 0.923. The smallest absolute Gasteiger partial charge is 0.251 e. The number of aryl methyl sites for hydroxylation is 1. The van der Waals surface area contributed by atoms with E-state index >= 15 is 0 Å². The van der Waals surface area contributed by atoms with Crippen molar-refractivity contribution >= 4 is 5.91 Å². The Hall–Kier alpha value is -2.33. The molecule has 3 rings (SSSR count). The molecule has 120 valence electrons. The van der Waals surface area contributed by atoms with Crippen molar-refractivity contribution < 1.29 is 14.3 Å². The van der Waals surface area contributed by atoms with Gasteiger partial charge in [-0.3, -0.25) is 4.79 Å². The zero-order valence-corrected chi connectivity index (χ0v) is 13.2. The van der Waals surface area contributed by atoms with Crippen molar-refractivity contribution in [2.75, 3.05) is 13.2 Å². The van der Waals surface area contributed by atoms with E-state index in [2.05, 4.69) is 5.32 Å². The highest BCUT2D eigenvalue weighted by Crippen LogP contribution is 2.14. The molecule has 0 aromatic heterocycles. The van der Waals surface area contributed by atoms with E-state index in [-0.39, 0.29) is 11.9 Å². The lowest BCUT2D eigenvalue weighted by molar-refractivity contribution is 0.0930. The van der Waals surface area contributed by atoms with E-state index in [9.17, 15) is 4.79 Å². The number of ether oxygens (including phenoxy) is 2. The van der Waals surface area contributed by atoms with Crippen LogP contribution in [0.25, 0.3) is 0 Å². The lowest BCUT2D eigenvalue weighted by Gasteiger charge is -2.11. The van der Waals surface area contributed by atoms with Gasteiger partial charge in [0.25, 0.3) is 5.91 Å². The fourth-order valence-corrected chi connectivity index (χ4v) is 2.47. The molecule has 2 aromatic carbocycles. The predicted octanol–water partition coefficient (Wildman–Crippen LogP) is 3.09. The van der Waals surface area contributed by atoms with Gasteiger partial charge in [-0.25, -0.2) is 0 Å². The standard InChI is InChI=1S/C19H21NO3/c1-14-2-8-18(9-3-14)23-12-15-4-6-16(7-5-15)19(21)20-17-10-11-22-13-17/h2-9,17H,10-13H2,1H3,(H,20,21)/t17-/m0/s1. The van der Waals surface area contributed by atoms with Crippen molar-refractivity contribution in [2.24, 2.45) is 0 Å². The Morgan fingerprint density at radius 1 is 1.17 bits per heavy atom. The first kappa shape index (κ1) is 15.6. The molecule has 4 heteroatoms. The predicted molar refractivity (Wildman–Crippen MR) is 88.6 cm³/mol. The Balaban J connectivity index is 1.53. The Morgan fingerprint density at radius 2 is 1.91 bits per heavy atom. The third-order valence-corrected chi connectivity index (χ3v) is 3.91. The normalized spacial score (nSPS) is 17.0. The van der Waals surface area contributed by atoms with E-state index in [4.69, 9.17) is 9.47 Å². The minimum absolute atomic E-state index is 0.0495. The Labute approximate surface area is 136 Å². The molecule has 2 aromatic rings. The van der Waals surface area contributed by atoms with Crippen LogP contribution in [0.5, 0.6) is 5.75 Å². The van der Waals surface area contributed by atoms with Crippen molar-refractivity contribution in [2.45, 2.75) is 26.0 Å². The lowest BCUT2D eigenvalue weighted by atomic mass is 10.1. The lowest BCUT2D eigenvalue weighted by Crippen LogP contribution is -2.34. The molecule has 1 aliphatic heterocycles. The Kier molecular flexibility index (Phi) is 4.93. The average Bonchev–Trinajstić information content (AvgIpc) is 3.08. The van der Waals surface area contributed by atoms with Crippen molar-refractivity contribution in [1.29, 1.82) is 0 Å². The molecule has 0 spiro atoms. The van der Waals surface area contributed by atoms with Gasteiger partial charge in [0.2, 0.25) is 0 Å². The van der Waals surface area contributed by atoms with E-state index < -0.39 is 0 Å². The molecule has 4 nitrogen and oxygen atoms in total. The molecule has 1 N–H and O–H groups in total. The highest BCUT2D eigenvalue weighted by Gasteiger charge is 2.18. The van der Waals surface area contributed by atoms with Crippen molar-refractivity contribution in [1.82, 2.24) is 5.32 Å². The van der Waals surface area contributed by atoms with Crippen LogP contribution in [0.3, 0.4) is 0 Å². The topological polar surface area (TPSA) is 47.6 Å². The first-order valence-corrected chi connectivity index (χ1v) is 7.88. The summed E-state index contributed by atoms with van der Waals surface area (Å²) >= 11 is 0. The zero-order chi connectivity index (χ0) is 16.1. The van der Waals surface area contributed by atoms with Gasteiger partial charge in [0.05, 0.1) is 12.6 Å². The fraction of sp³-hybridized carbons (Fsp3) is 0.316. The summed E-state index contributed by atoms with van der Waals surface area (Å²) in [5.74, 6) is 0.796. The first-order valence-electron chi connectivity index (χ1n) is 7.88. The van der Waals surface area contributed by atoms with Crippen molar-refractivity contribution in [3.8, 4) is 5.75 Å². The zero-order valence-electron chi connectivity index (χ0n) is 13.2. The molecule has 0 saturated carbocycles. The second-order valence-corrected chi connectivity index (χ2v) is 5.83. The molecule has 0 unspecified atom stereocenters. The van der Waals surface area contributed by atoms with Crippen molar-refractivity contribution in [3.63, 3.8) is 0 Å². The Morgan fingerprint density at radius 3 is 2.57 bits per heavy atom. The second kappa shape index (κ2) is 7.29. The molecule has 0 radical (unpaired) electrons. The fourth-order valence-electron chi connectivity index (χ4n) is 2.47. The summed E-state index contributed by atoms with van der Waals surface area (Å²) in [7, 11) is 0. The molecule has 0 aliphatic carbocycles. The van der Waals surface area contributed by atoms with Gasteiger partial charge in [0.15, 0.2) is 0 Å². The van der Waals surface area contributed by atoms with Crippen molar-refractivity contribution in [3.05, 3.63) is 65.2 Å². The summed E-state index contributed by atoms with van der Waals surface area (Å²) in [6.07, 6.45) is 0.883. The van der Waals surface area contributed by atoms with Crippen LogP contribution in [0.1, 0.15) is 27.9 Å². The number of benzene rings is 2. The summed E-state index contributed by atoms with van der Waals surface area (Å²) in [5.41, 5.74) is 2.91. The van der Waals surface area contributed by atoms with Gasteiger partial charge in [0, 0.05) is 12.2 Å². The van der Waals surface area contributed by atoms with Gasteiger partial charge in [-0.05, 0) is 43.2 Å². The van der Waals surface area contributed by atoms with Crippen LogP contribution >= 0.6 is 0 Å². The largest absolute Gasteiger partial charge is 0.489 e. The SMILES string of the molecule is Cc1ccc(OCc2ccc(C(=O)N[C@H]3CCOC3)cc2)cc1. The van der Waals surface area contributed by atoms with Crippen LogP contribution in [-0.4, -0.2) is 25.2 Å². The van der Waals surface area contributed by atoms with Gasteiger partial charge in [-0.1, -0.05) is 29.8 Å². The number of hydrogen-bond acceptors (Lipinski definition) is 3. The van der Waals surface area contributed by atoms with Gasteiger partial charge in [-0.15, -0.1) is 0 Å².